The summed E-state index contributed by atoms with van der Waals surface area (Å²) < 4.78 is 0. The summed E-state index contributed by atoms with van der Waals surface area (Å²) in [4.78, 5) is 0. The van der Waals surface area contributed by atoms with Gasteiger partial charge in [0.2, 0.25) is 0 Å². The van der Waals surface area contributed by atoms with Crippen LogP contribution in [0.15, 0.2) is 0 Å². The van der Waals surface area contributed by atoms with Crippen molar-refractivity contribution < 1.29 is 18.9 Å². The van der Waals surface area contributed by atoms with Crippen molar-refractivity contribution >= 4 is 14.1 Å². The summed E-state index contributed by atoms with van der Waals surface area (Å²) in [6, 6.07) is 0. The second kappa shape index (κ2) is 14.6. The topological polar surface area (TPSA) is 0 Å². The summed E-state index contributed by atoms with van der Waals surface area (Å²) in [6.45, 7) is 13.2. The predicted molar refractivity (Wildman–Crippen MR) is 57.5 cm³/mol. The fourth-order valence-electron chi connectivity index (χ4n) is 0.866. The minimum Gasteiger partial charge on any atom is -0.323 e. The van der Waals surface area contributed by atoms with E-state index in [1.807, 2.05) is 0 Å². The van der Waals surface area contributed by atoms with Gasteiger partial charge in [0.1, 0.15) is 0 Å². The Morgan fingerprint density at radius 3 is 1.00 bits per heavy atom. The largest absolute Gasteiger partial charge is 1.00 e. The number of hydrogen-bond acceptors (Lipinski definition) is 0. The third kappa shape index (κ3) is 22.5. The molecule has 0 aliphatic rings. The van der Waals surface area contributed by atoms with Gasteiger partial charge in [-0.25, -0.2) is 0 Å². The van der Waals surface area contributed by atoms with Crippen LogP contribution in [0.1, 0.15) is 41.5 Å². The Morgan fingerprint density at radius 2 is 1.00 bits per heavy atom. The van der Waals surface area contributed by atoms with E-state index < -0.39 is 0 Å². The molecule has 12 heavy (non-hydrogen) atoms. The van der Waals surface area contributed by atoms with Crippen LogP contribution in [0.5, 0.6) is 0 Å². The van der Waals surface area contributed by atoms with E-state index in [0.29, 0.717) is 0 Å². The van der Waals surface area contributed by atoms with Crippen LogP contribution >= 0.6 is 0 Å². The molecule has 68 valence electrons. The third-order valence-electron chi connectivity index (χ3n) is 1.73. The van der Waals surface area contributed by atoms with E-state index in [2.05, 4.69) is 41.5 Å². The molecule has 0 saturated carbocycles. The van der Waals surface area contributed by atoms with Gasteiger partial charge in [-0.1, -0.05) is 36.6 Å². The van der Waals surface area contributed by atoms with E-state index in [-0.39, 0.29) is 33.0 Å². The van der Waals surface area contributed by atoms with Crippen molar-refractivity contribution in [1.82, 2.24) is 0 Å². The van der Waals surface area contributed by atoms with E-state index in [9.17, 15) is 0 Å². The summed E-state index contributed by atoms with van der Waals surface area (Å²) in [5, 5.41) is 4.48. The predicted octanol–water partition coefficient (Wildman–Crippen LogP) is 1.17. The first kappa shape index (κ1) is 18.8. The maximum Gasteiger partial charge on any atom is 1.00 e. The van der Waals surface area contributed by atoms with Crippen molar-refractivity contribution in [2.75, 3.05) is 0 Å². The Hall–Kier alpha value is 1.13. The first-order valence-electron chi connectivity index (χ1n) is 4.85. The molecule has 0 amide bonds. The van der Waals surface area contributed by atoms with Gasteiger partial charge in [0.05, 0.1) is 0 Å². The van der Waals surface area contributed by atoms with E-state index in [4.69, 9.17) is 0 Å². The molecule has 0 bridgehead atoms. The Kier molecular flexibility index (Phi) is 23.0. The van der Waals surface area contributed by atoms with Crippen molar-refractivity contribution in [1.29, 1.82) is 0 Å². The molecule has 0 rings (SSSR count). The monoisotopic (exact) mass is 178 g/mol. The van der Waals surface area contributed by atoms with Crippen LogP contribution in [0.25, 0.3) is 0 Å². The molecule has 0 heterocycles. The second-order valence-electron chi connectivity index (χ2n) is 3.59. The fourth-order valence-corrected chi connectivity index (χ4v) is 2.60. The maximum atomic E-state index is 2.32. The molecule has 0 saturated heterocycles. The van der Waals surface area contributed by atoms with Crippen molar-refractivity contribution in [3.63, 3.8) is 0 Å². The maximum absolute atomic E-state index is 2.32. The van der Waals surface area contributed by atoms with Gasteiger partial charge < -0.3 is 5.92 Å². The average Bonchev–Trinajstić information content (AvgIpc) is 1.90. The van der Waals surface area contributed by atoms with E-state index in [1.165, 1.54) is 21.8 Å². The molecule has 0 aromatic rings. The van der Waals surface area contributed by atoms with E-state index >= 15 is 0 Å². The van der Waals surface area contributed by atoms with Gasteiger partial charge in [0.25, 0.3) is 14.1 Å². The minimum atomic E-state index is -0.171. The SMILES string of the molecule is C[C-](C)C.C[CH2][Al]([CH2]C)[CH2]C.[Li+]. The number of rotatable bonds is 3. The van der Waals surface area contributed by atoms with Gasteiger partial charge in [-0.3, -0.25) is 0 Å². The fraction of sp³-hybridized carbons (Fsp3) is 0.900. The van der Waals surface area contributed by atoms with Crippen molar-refractivity contribution in [3.05, 3.63) is 5.92 Å². The van der Waals surface area contributed by atoms with Crippen LogP contribution in [0.3, 0.4) is 0 Å². The van der Waals surface area contributed by atoms with Crippen molar-refractivity contribution in [2.24, 2.45) is 0 Å². The van der Waals surface area contributed by atoms with E-state index in [0.717, 1.165) is 0 Å². The third-order valence-corrected chi connectivity index (χ3v) is 5.20. The summed E-state index contributed by atoms with van der Waals surface area (Å²) >= 11 is -0.171. The zero-order chi connectivity index (χ0) is 9.28. The smallest absolute Gasteiger partial charge is 0.323 e. The van der Waals surface area contributed by atoms with Crippen LogP contribution in [0.4, 0.5) is 0 Å². The summed E-state index contributed by atoms with van der Waals surface area (Å²) in [5.41, 5.74) is 0. The molecule has 0 aliphatic carbocycles. The van der Waals surface area contributed by atoms with Crippen LogP contribution in [0, 0.1) is 5.92 Å². The van der Waals surface area contributed by atoms with Crippen molar-refractivity contribution in [2.45, 2.75) is 57.4 Å². The Morgan fingerprint density at radius 1 is 0.833 bits per heavy atom. The molecule has 0 atom stereocenters. The Bertz CT molecular complexity index is 52.6. The van der Waals surface area contributed by atoms with Gasteiger partial charge in [-0.15, -0.1) is 0 Å². The zero-order valence-corrected chi connectivity index (χ0v) is 11.4. The molecular weight excluding hydrogens is 154 g/mol. The van der Waals surface area contributed by atoms with Crippen molar-refractivity contribution in [3.8, 4) is 0 Å². The van der Waals surface area contributed by atoms with Gasteiger partial charge in [0.15, 0.2) is 0 Å². The normalized spacial score (nSPS) is 8.25. The van der Waals surface area contributed by atoms with E-state index in [1.54, 1.807) is 0 Å². The van der Waals surface area contributed by atoms with Gasteiger partial charge in [0, 0.05) is 0 Å². The molecule has 0 nitrogen and oxygen atoms in total. The van der Waals surface area contributed by atoms with Gasteiger partial charge >= 0.3 is 18.9 Å². The summed E-state index contributed by atoms with van der Waals surface area (Å²) in [5.74, 6) is 1.42. The molecule has 0 spiro atoms. The van der Waals surface area contributed by atoms with Crippen LogP contribution in [-0.4, -0.2) is 14.1 Å². The molecule has 0 aliphatic heterocycles. The molecule has 2 heteroatoms. The van der Waals surface area contributed by atoms with Crippen LogP contribution in [0.2, 0.25) is 15.8 Å². The summed E-state index contributed by atoms with van der Waals surface area (Å²) in [6.07, 6.45) is 0. The minimum absolute atomic E-state index is 0. The molecule has 0 fully saturated rings. The van der Waals surface area contributed by atoms with Crippen LogP contribution < -0.4 is 18.9 Å². The molecule has 0 N–H and O–H groups in total. The Labute approximate surface area is 96.1 Å². The molecular formula is C10H24AlLi. The zero-order valence-electron chi connectivity index (χ0n) is 10.2. The average molecular weight is 178 g/mol. The molecule has 0 radical (unpaired) electrons. The number of hydrogen-bond donors (Lipinski definition) is 0. The molecule has 0 aromatic carbocycles. The molecule has 0 aromatic heterocycles. The quantitative estimate of drug-likeness (QED) is 0.449. The summed E-state index contributed by atoms with van der Waals surface area (Å²) in [7, 11) is 0. The van der Waals surface area contributed by atoms with Crippen LogP contribution in [-0.2, 0) is 0 Å². The first-order valence-corrected chi connectivity index (χ1v) is 7.30. The second-order valence-corrected chi connectivity index (χ2v) is 7.77. The standard InChI is InChI=1S/C4H9.3C2H5.Al.Li/c1-4(2)3;3*1-2;;/h1-3H3;3*1H2,2H3;;/q-1;;;;;+1. The van der Waals surface area contributed by atoms with Gasteiger partial charge in [-0.05, 0) is 0 Å². The Balaban J connectivity index is -0.000000142. The molecule has 0 unspecified atom stereocenters. The first-order chi connectivity index (χ1) is 5.08. The van der Waals surface area contributed by atoms with Gasteiger partial charge in [-0.2, -0.15) is 20.8 Å².